The van der Waals surface area contributed by atoms with Gasteiger partial charge in [-0.2, -0.15) is 0 Å². The lowest BCUT2D eigenvalue weighted by Crippen LogP contribution is -2.17. The zero-order valence-corrected chi connectivity index (χ0v) is 11.7. The van der Waals surface area contributed by atoms with Gasteiger partial charge in [0.15, 0.2) is 0 Å². The second kappa shape index (κ2) is 5.12. The number of para-hydroxylation sites is 1. The van der Waals surface area contributed by atoms with Gasteiger partial charge in [-0.1, -0.05) is 55.5 Å². The summed E-state index contributed by atoms with van der Waals surface area (Å²) in [5, 5.41) is 3.07. The lowest BCUT2D eigenvalue weighted by molar-refractivity contribution is -0.115. The van der Waals surface area contributed by atoms with Crippen molar-refractivity contribution in [3.8, 4) is 0 Å². The van der Waals surface area contributed by atoms with Crippen LogP contribution in [0.4, 0.5) is 5.69 Å². The van der Waals surface area contributed by atoms with Crippen LogP contribution >= 0.6 is 0 Å². The van der Waals surface area contributed by atoms with Gasteiger partial charge in [-0.15, -0.1) is 0 Å². The number of amides is 1. The molecule has 3 rings (SSSR count). The van der Waals surface area contributed by atoms with E-state index in [2.05, 4.69) is 18.3 Å². The smallest absolute Gasteiger partial charge is 0.228 e. The number of carbonyl (C=O) groups excluding carboxylic acids is 1. The molecule has 0 unspecified atom stereocenters. The second-order valence-electron chi connectivity index (χ2n) is 5.82. The largest absolute Gasteiger partial charge is 0.326 e. The Balaban J connectivity index is 1.73. The molecule has 1 fully saturated rings. The van der Waals surface area contributed by atoms with Gasteiger partial charge in [-0.25, -0.2) is 0 Å². The molecule has 1 amide bonds. The number of rotatable bonds is 4. The molecule has 2 aromatic carbocycles. The van der Waals surface area contributed by atoms with Gasteiger partial charge in [0.1, 0.15) is 0 Å². The van der Waals surface area contributed by atoms with Gasteiger partial charge in [-0.05, 0) is 35.4 Å². The van der Waals surface area contributed by atoms with Crippen LogP contribution in [-0.4, -0.2) is 5.91 Å². The first-order valence-corrected chi connectivity index (χ1v) is 7.11. The minimum absolute atomic E-state index is 0.0490. The van der Waals surface area contributed by atoms with E-state index in [0.29, 0.717) is 6.42 Å². The fourth-order valence-electron chi connectivity index (χ4n) is 2.55. The summed E-state index contributed by atoms with van der Waals surface area (Å²) in [6.45, 7) is 2.26. The van der Waals surface area contributed by atoms with Crippen LogP contribution in [0, 0.1) is 0 Å². The molecular formula is C18H19NO. The summed E-state index contributed by atoms with van der Waals surface area (Å²) in [5.74, 6) is 0.0490. The van der Waals surface area contributed by atoms with E-state index >= 15 is 0 Å². The number of benzene rings is 2. The highest BCUT2D eigenvalue weighted by Gasteiger charge is 2.40. The summed E-state index contributed by atoms with van der Waals surface area (Å²) in [4.78, 5) is 12.2. The molecule has 102 valence electrons. The van der Waals surface area contributed by atoms with Crippen molar-refractivity contribution in [1.29, 1.82) is 0 Å². The summed E-state index contributed by atoms with van der Waals surface area (Å²) in [6.07, 6.45) is 2.84. The fourth-order valence-corrected chi connectivity index (χ4v) is 2.55. The molecule has 1 N–H and O–H groups in total. The van der Waals surface area contributed by atoms with Crippen LogP contribution in [0.3, 0.4) is 0 Å². The molecule has 2 aromatic rings. The normalized spacial score (nSPS) is 15.7. The zero-order chi connectivity index (χ0) is 14.0. The maximum absolute atomic E-state index is 12.2. The summed E-state index contributed by atoms with van der Waals surface area (Å²) in [5.41, 5.74) is 3.53. The maximum atomic E-state index is 12.2. The van der Waals surface area contributed by atoms with Gasteiger partial charge in [0.05, 0.1) is 6.42 Å². The number of anilines is 1. The monoisotopic (exact) mass is 265 g/mol. The summed E-state index contributed by atoms with van der Waals surface area (Å²) in [7, 11) is 0. The molecule has 0 bridgehead atoms. The molecule has 0 aromatic heterocycles. The van der Waals surface area contributed by atoms with Gasteiger partial charge < -0.3 is 5.32 Å². The van der Waals surface area contributed by atoms with E-state index in [4.69, 9.17) is 0 Å². The Labute approximate surface area is 119 Å². The summed E-state index contributed by atoms with van der Waals surface area (Å²) >= 11 is 0. The third-order valence-electron chi connectivity index (χ3n) is 4.06. The first kappa shape index (κ1) is 12.9. The Morgan fingerprint density at radius 1 is 1.05 bits per heavy atom. The van der Waals surface area contributed by atoms with E-state index in [0.717, 1.165) is 11.3 Å². The van der Waals surface area contributed by atoms with E-state index in [9.17, 15) is 4.79 Å². The third kappa shape index (κ3) is 2.74. The molecule has 20 heavy (non-hydrogen) atoms. The Hall–Kier alpha value is -2.09. The van der Waals surface area contributed by atoms with Crippen molar-refractivity contribution >= 4 is 11.6 Å². The molecule has 1 aliphatic rings. The Kier molecular flexibility index (Phi) is 3.31. The van der Waals surface area contributed by atoms with Crippen LogP contribution in [0.15, 0.2) is 54.6 Å². The van der Waals surface area contributed by atoms with Crippen molar-refractivity contribution in [3.63, 3.8) is 0 Å². The average molecular weight is 265 g/mol. The number of hydrogen-bond acceptors (Lipinski definition) is 1. The van der Waals surface area contributed by atoms with Gasteiger partial charge in [0, 0.05) is 5.69 Å². The van der Waals surface area contributed by atoms with Crippen molar-refractivity contribution in [2.24, 2.45) is 0 Å². The van der Waals surface area contributed by atoms with Crippen molar-refractivity contribution in [2.75, 3.05) is 5.32 Å². The minimum Gasteiger partial charge on any atom is -0.326 e. The lowest BCUT2D eigenvalue weighted by atomic mass is 9.96. The molecular weight excluding hydrogens is 246 g/mol. The lowest BCUT2D eigenvalue weighted by Gasteiger charge is -2.15. The quantitative estimate of drug-likeness (QED) is 0.892. The molecule has 0 heterocycles. The van der Waals surface area contributed by atoms with E-state index in [-0.39, 0.29) is 11.3 Å². The number of nitrogens with one attached hydrogen (secondary N) is 1. The topological polar surface area (TPSA) is 29.1 Å². The minimum atomic E-state index is 0.0490. The molecule has 2 heteroatoms. The van der Waals surface area contributed by atoms with Crippen molar-refractivity contribution in [1.82, 2.24) is 0 Å². The first-order chi connectivity index (χ1) is 9.67. The molecule has 1 saturated carbocycles. The summed E-state index contributed by atoms with van der Waals surface area (Å²) < 4.78 is 0. The predicted octanol–water partition coefficient (Wildman–Crippen LogP) is 3.92. The van der Waals surface area contributed by atoms with E-state index in [1.807, 2.05) is 48.5 Å². The average Bonchev–Trinajstić information content (AvgIpc) is 3.19. The zero-order valence-electron chi connectivity index (χ0n) is 11.7. The molecule has 0 saturated heterocycles. The molecule has 0 radical (unpaired) electrons. The van der Waals surface area contributed by atoms with Gasteiger partial charge in [-0.3, -0.25) is 4.79 Å². The molecule has 0 aliphatic heterocycles. The highest BCUT2D eigenvalue weighted by atomic mass is 16.1. The van der Waals surface area contributed by atoms with Crippen LogP contribution in [0.5, 0.6) is 0 Å². The fraction of sp³-hybridized carbons (Fsp3) is 0.278. The van der Waals surface area contributed by atoms with Crippen molar-refractivity contribution < 1.29 is 4.79 Å². The van der Waals surface area contributed by atoms with E-state index < -0.39 is 0 Å². The first-order valence-electron chi connectivity index (χ1n) is 7.11. The number of hydrogen-bond donors (Lipinski definition) is 1. The van der Waals surface area contributed by atoms with Gasteiger partial charge >= 0.3 is 0 Å². The van der Waals surface area contributed by atoms with E-state index in [1.165, 1.54) is 18.4 Å². The summed E-state index contributed by atoms with van der Waals surface area (Å²) in [6, 6.07) is 18.0. The van der Waals surface area contributed by atoms with E-state index in [1.54, 1.807) is 0 Å². The van der Waals surface area contributed by atoms with Crippen LogP contribution in [0.25, 0.3) is 0 Å². The third-order valence-corrected chi connectivity index (χ3v) is 4.06. The highest BCUT2D eigenvalue weighted by Crippen LogP contribution is 2.50. The highest BCUT2D eigenvalue weighted by molar-refractivity contribution is 5.93. The van der Waals surface area contributed by atoms with Crippen LogP contribution in [0.1, 0.15) is 30.9 Å². The predicted molar refractivity (Wildman–Crippen MR) is 81.8 cm³/mol. The van der Waals surface area contributed by atoms with Crippen LogP contribution in [-0.2, 0) is 16.6 Å². The Bertz CT molecular complexity index is 614. The standard InChI is InChI=1S/C18H19NO/c1-18(11-12-18)15-9-5-6-10-16(15)19-17(20)13-14-7-3-2-4-8-14/h2-10H,11-13H2,1H3,(H,19,20). The SMILES string of the molecule is CC1(c2ccccc2NC(=O)Cc2ccccc2)CC1. The molecule has 2 nitrogen and oxygen atoms in total. The van der Waals surface area contributed by atoms with Crippen LogP contribution in [0.2, 0.25) is 0 Å². The van der Waals surface area contributed by atoms with Gasteiger partial charge in [0.25, 0.3) is 0 Å². The molecule has 0 atom stereocenters. The Morgan fingerprint density at radius 3 is 2.40 bits per heavy atom. The maximum Gasteiger partial charge on any atom is 0.228 e. The molecule has 0 spiro atoms. The molecule has 1 aliphatic carbocycles. The Morgan fingerprint density at radius 2 is 1.70 bits per heavy atom. The van der Waals surface area contributed by atoms with Crippen molar-refractivity contribution in [3.05, 3.63) is 65.7 Å². The number of carbonyl (C=O) groups is 1. The van der Waals surface area contributed by atoms with Crippen molar-refractivity contribution in [2.45, 2.75) is 31.6 Å². The van der Waals surface area contributed by atoms with Crippen LogP contribution < -0.4 is 5.32 Å². The van der Waals surface area contributed by atoms with Gasteiger partial charge in [0.2, 0.25) is 5.91 Å². The second-order valence-corrected chi connectivity index (χ2v) is 5.82.